The molecular weight excluding hydrogens is 340 g/mol. The van der Waals surface area contributed by atoms with Gasteiger partial charge in [-0.3, -0.25) is 0 Å². The van der Waals surface area contributed by atoms with Crippen molar-refractivity contribution in [3.63, 3.8) is 0 Å². The first-order valence-corrected chi connectivity index (χ1v) is 10.9. The van der Waals surface area contributed by atoms with Gasteiger partial charge in [0, 0.05) is 24.4 Å². The van der Waals surface area contributed by atoms with Crippen LogP contribution in [-0.4, -0.2) is 9.55 Å². The quantitative estimate of drug-likeness (QED) is 0.306. The van der Waals surface area contributed by atoms with Gasteiger partial charge in [0.05, 0.1) is 6.33 Å². The van der Waals surface area contributed by atoms with E-state index in [0.29, 0.717) is 12.0 Å². The topological polar surface area (TPSA) is 17.8 Å². The third kappa shape index (κ3) is 6.09. The van der Waals surface area contributed by atoms with Crippen LogP contribution in [0, 0.1) is 0 Å². The zero-order valence-electron chi connectivity index (χ0n) is 17.2. The highest BCUT2D eigenvalue weighted by atomic mass is 15.1. The maximum atomic E-state index is 4.36. The van der Waals surface area contributed by atoms with E-state index in [-0.39, 0.29) is 0 Å². The molecule has 148 valence electrons. The molecule has 28 heavy (non-hydrogen) atoms. The van der Waals surface area contributed by atoms with Crippen molar-refractivity contribution in [2.45, 2.75) is 70.3 Å². The number of rotatable bonds is 12. The van der Waals surface area contributed by atoms with E-state index in [1.165, 1.54) is 56.1 Å². The van der Waals surface area contributed by atoms with E-state index >= 15 is 0 Å². The summed E-state index contributed by atoms with van der Waals surface area (Å²) in [4.78, 5) is 4.36. The third-order valence-electron chi connectivity index (χ3n) is 5.75. The average Bonchev–Trinajstić information content (AvgIpc) is 3.28. The fourth-order valence-electron chi connectivity index (χ4n) is 4.20. The Morgan fingerprint density at radius 2 is 1.50 bits per heavy atom. The van der Waals surface area contributed by atoms with Gasteiger partial charge in [-0.1, -0.05) is 106 Å². The molecular formula is C26H34N2. The number of aromatic nitrogens is 2. The average molecular weight is 375 g/mol. The van der Waals surface area contributed by atoms with E-state index in [1.54, 1.807) is 0 Å². The molecule has 0 N–H and O–H groups in total. The fraction of sp³-hybridized carbons (Fsp3) is 0.423. The molecule has 0 aliphatic rings. The molecule has 0 aliphatic carbocycles. The number of nitrogens with zero attached hydrogens (tertiary/aromatic N) is 2. The van der Waals surface area contributed by atoms with Gasteiger partial charge in [0.25, 0.3) is 0 Å². The molecule has 1 aromatic heterocycles. The maximum absolute atomic E-state index is 4.36. The van der Waals surface area contributed by atoms with Gasteiger partial charge in [-0.05, 0) is 24.0 Å². The lowest BCUT2D eigenvalue weighted by Gasteiger charge is -2.29. The first-order valence-electron chi connectivity index (χ1n) is 10.9. The highest BCUT2D eigenvalue weighted by Gasteiger charge is 2.24. The lowest BCUT2D eigenvalue weighted by Crippen LogP contribution is -2.19. The first kappa shape index (κ1) is 20.4. The Hall–Kier alpha value is -2.35. The summed E-state index contributed by atoms with van der Waals surface area (Å²) in [6.45, 7) is 2.28. The molecule has 0 saturated heterocycles. The van der Waals surface area contributed by atoms with Crippen LogP contribution in [0.15, 0.2) is 79.4 Å². The van der Waals surface area contributed by atoms with Crippen molar-refractivity contribution in [2.75, 3.05) is 0 Å². The predicted molar refractivity (Wildman–Crippen MR) is 119 cm³/mol. The van der Waals surface area contributed by atoms with Gasteiger partial charge in [0.15, 0.2) is 0 Å². The molecule has 2 nitrogen and oxygen atoms in total. The van der Waals surface area contributed by atoms with Crippen LogP contribution in [0.1, 0.15) is 75.0 Å². The van der Waals surface area contributed by atoms with Gasteiger partial charge in [0.2, 0.25) is 0 Å². The SMILES string of the molecule is CCCCCCCCC(C(Cc1ccccc1)c1ccccc1)n1ccnc1. The van der Waals surface area contributed by atoms with Gasteiger partial charge in [-0.25, -0.2) is 4.98 Å². The van der Waals surface area contributed by atoms with Crippen LogP contribution in [0.5, 0.6) is 0 Å². The second kappa shape index (κ2) is 11.5. The van der Waals surface area contributed by atoms with Gasteiger partial charge in [-0.15, -0.1) is 0 Å². The highest BCUT2D eigenvalue weighted by Crippen LogP contribution is 2.36. The van der Waals surface area contributed by atoms with Crippen LogP contribution >= 0.6 is 0 Å². The predicted octanol–water partition coefficient (Wildman–Crippen LogP) is 7.20. The molecule has 0 radical (unpaired) electrons. The molecule has 0 aliphatic heterocycles. The minimum absolute atomic E-state index is 0.441. The van der Waals surface area contributed by atoms with Gasteiger partial charge >= 0.3 is 0 Å². The Kier molecular flexibility index (Phi) is 8.36. The van der Waals surface area contributed by atoms with Gasteiger partial charge in [0.1, 0.15) is 0 Å². The zero-order chi connectivity index (χ0) is 19.4. The summed E-state index contributed by atoms with van der Waals surface area (Å²) in [5, 5.41) is 0. The second-order valence-corrected chi connectivity index (χ2v) is 7.84. The number of hydrogen-bond acceptors (Lipinski definition) is 1. The van der Waals surface area contributed by atoms with Crippen LogP contribution in [0.4, 0.5) is 0 Å². The fourth-order valence-corrected chi connectivity index (χ4v) is 4.20. The van der Waals surface area contributed by atoms with Crippen LogP contribution in [0.25, 0.3) is 0 Å². The standard InChI is InChI=1S/C26H34N2/c1-2-3-4-5-6-13-18-26(28-20-19-27-22-28)25(24-16-11-8-12-17-24)21-23-14-9-7-10-15-23/h7-12,14-17,19-20,22,25-26H,2-6,13,18,21H2,1H3. The molecule has 2 heteroatoms. The van der Waals surface area contributed by atoms with Crippen molar-refractivity contribution in [3.05, 3.63) is 90.5 Å². The van der Waals surface area contributed by atoms with Crippen molar-refractivity contribution in [1.82, 2.24) is 9.55 Å². The van der Waals surface area contributed by atoms with Crippen molar-refractivity contribution in [2.24, 2.45) is 0 Å². The molecule has 0 amide bonds. The van der Waals surface area contributed by atoms with Crippen molar-refractivity contribution >= 4 is 0 Å². The maximum Gasteiger partial charge on any atom is 0.0948 e. The molecule has 1 heterocycles. The van der Waals surface area contributed by atoms with Crippen LogP contribution in [0.2, 0.25) is 0 Å². The van der Waals surface area contributed by atoms with E-state index < -0.39 is 0 Å². The van der Waals surface area contributed by atoms with Crippen LogP contribution in [0.3, 0.4) is 0 Å². The van der Waals surface area contributed by atoms with Crippen molar-refractivity contribution < 1.29 is 0 Å². The smallest absolute Gasteiger partial charge is 0.0948 e. The minimum Gasteiger partial charge on any atom is -0.334 e. The summed E-state index contributed by atoms with van der Waals surface area (Å²) in [5.41, 5.74) is 2.83. The Balaban J connectivity index is 1.77. The van der Waals surface area contributed by atoms with E-state index in [0.717, 1.165) is 6.42 Å². The molecule has 2 aromatic carbocycles. The van der Waals surface area contributed by atoms with E-state index in [2.05, 4.69) is 83.3 Å². The largest absolute Gasteiger partial charge is 0.334 e. The molecule has 0 bridgehead atoms. The van der Waals surface area contributed by atoms with Crippen molar-refractivity contribution in [1.29, 1.82) is 0 Å². The zero-order valence-corrected chi connectivity index (χ0v) is 17.2. The molecule has 0 spiro atoms. The minimum atomic E-state index is 0.441. The Morgan fingerprint density at radius 3 is 2.18 bits per heavy atom. The summed E-state index contributed by atoms with van der Waals surface area (Å²) in [6.07, 6.45) is 16.3. The number of unbranched alkanes of at least 4 members (excludes halogenated alkanes) is 5. The monoisotopic (exact) mass is 374 g/mol. The summed E-state index contributed by atoms with van der Waals surface area (Å²) >= 11 is 0. The molecule has 3 rings (SSSR count). The lowest BCUT2D eigenvalue weighted by atomic mass is 9.83. The number of hydrogen-bond donors (Lipinski definition) is 0. The highest BCUT2D eigenvalue weighted by molar-refractivity contribution is 5.25. The summed E-state index contributed by atoms with van der Waals surface area (Å²) in [6, 6.07) is 22.4. The van der Waals surface area contributed by atoms with Crippen LogP contribution in [-0.2, 0) is 6.42 Å². The third-order valence-corrected chi connectivity index (χ3v) is 5.75. The molecule has 0 saturated carbocycles. The first-order chi connectivity index (χ1) is 13.9. The van der Waals surface area contributed by atoms with Gasteiger partial charge < -0.3 is 4.57 Å². The summed E-state index contributed by atoms with van der Waals surface area (Å²) in [5.74, 6) is 0.452. The molecule has 3 aromatic rings. The Morgan fingerprint density at radius 1 is 0.821 bits per heavy atom. The molecule has 0 fully saturated rings. The van der Waals surface area contributed by atoms with Crippen molar-refractivity contribution in [3.8, 4) is 0 Å². The van der Waals surface area contributed by atoms with Crippen LogP contribution < -0.4 is 0 Å². The second-order valence-electron chi connectivity index (χ2n) is 7.84. The Bertz CT molecular complexity index is 750. The lowest BCUT2D eigenvalue weighted by molar-refractivity contribution is 0.366. The summed E-state index contributed by atoms with van der Waals surface area (Å²) in [7, 11) is 0. The van der Waals surface area contributed by atoms with E-state index in [1.807, 2.05) is 12.5 Å². The molecule has 2 atom stereocenters. The van der Waals surface area contributed by atoms with Gasteiger partial charge in [-0.2, -0.15) is 0 Å². The van der Waals surface area contributed by atoms with E-state index in [9.17, 15) is 0 Å². The van der Waals surface area contributed by atoms with E-state index in [4.69, 9.17) is 0 Å². The number of benzene rings is 2. The normalized spacial score (nSPS) is 13.3. The Labute approximate surface area is 170 Å². The number of imidazole rings is 1. The molecule has 2 unspecified atom stereocenters. The summed E-state index contributed by atoms with van der Waals surface area (Å²) < 4.78 is 2.34.